The van der Waals surface area contributed by atoms with Crippen molar-refractivity contribution in [3.8, 4) is 21.5 Å². The minimum absolute atomic E-state index is 0.667. The zero-order valence-corrected chi connectivity index (χ0v) is 20.6. The molecule has 0 aliphatic rings. The van der Waals surface area contributed by atoms with Gasteiger partial charge in [0.25, 0.3) is 5.19 Å². The van der Waals surface area contributed by atoms with Gasteiger partial charge in [-0.1, -0.05) is 107 Å². The SMILES string of the molecule is CCCCCCCCCOc1ccc(-c2nnc(OCCCCCCCCC)s2)cc1. The topological polar surface area (TPSA) is 44.2 Å². The predicted octanol–water partition coefficient (Wildman–Crippen LogP) is 8.46. The van der Waals surface area contributed by atoms with E-state index in [0.29, 0.717) is 5.19 Å². The summed E-state index contributed by atoms with van der Waals surface area (Å²) >= 11 is 1.51. The Morgan fingerprint density at radius 3 is 1.71 bits per heavy atom. The number of unbranched alkanes of at least 4 members (excludes halogenated alkanes) is 12. The maximum atomic E-state index is 5.88. The second kappa shape index (κ2) is 17.0. The molecular weight excluding hydrogens is 404 g/mol. The zero-order chi connectivity index (χ0) is 22.0. The highest BCUT2D eigenvalue weighted by Gasteiger charge is 2.08. The van der Waals surface area contributed by atoms with Crippen molar-refractivity contribution in [3.63, 3.8) is 0 Å². The normalized spacial score (nSPS) is 11.0. The highest BCUT2D eigenvalue weighted by molar-refractivity contribution is 7.16. The molecule has 0 N–H and O–H groups in total. The van der Waals surface area contributed by atoms with Crippen molar-refractivity contribution in [3.05, 3.63) is 24.3 Å². The Labute approximate surface area is 193 Å². The van der Waals surface area contributed by atoms with Crippen molar-refractivity contribution in [2.24, 2.45) is 0 Å². The molecule has 1 aromatic heterocycles. The minimum Gasteiger partial charge on any atom is -0.494 e. The second-order valence-electron chi connectivity index (χ2n) is 8.34. The molecule has 0 saturated heterocycles. The van der Waals surface area contributed by atoms with Gasteiger partial charge in [0.2, 0.25) is 0 Å². The predicted molar refractivity (Wildman–Crippen MR) is 132 cm³/mol. The average Bonchev–Trinajstić information content (AvgIpc) is 3.27. The van der Waals surface area contributed by atoms with Gasteiger partial charge >= 0.3 is 0 Å². The first-order valence-electron chi connectivity index (χ1n) is 12.5. The number of rotatable bonds is 19. The minimum atomic E-state index is 0.667. The highest BCUT2D eigenvalue weighted by Crippen LogP contribution is 2.29. The van der Waals surface area contributed by atoms with Crippen molar-refractivity contribution in [1.82, 2.24) is 10.2 Å². The van der Waals surface area contributed by atoms with Crippen LogP contribution >= 0.6 is 11.3 Å². The Kier molecular flexibility index (Phi) is 14.1. The van der Waals surface area contributed by atoms with Crippen LogP contribution in [0.5, 0.6) is 10.9 Å². The summed E-state index contributed by atoms with van der Waals surface area (Å²) in [5.41, 5.74) is 1.06. The molecule has 1 aromatic carbocycles. The molecule has 0 amide bonds. The monoisotopic (exact) mass is 446 g/mol. The highest BCUT2D eigenvalue weighted by atomic mass is 32.1. The molecule has 2 rings (SSSR count). The van der Waals surface area contributed by atoms with Gasteiger partial charge < -0.3 is 9.47 Å². The van der Waals surface area contributed by atoms with Gasteiger partial charge in [0, 0.05) is 5.56 Å². The van der Waals surface area contributed by atoms with E-state index in [2.05, 4.69) is 36.2 Å². The maximum absolute atomic E-state index is 5.88. The summed E-state index contributed by atoms with van der Waals surface area (Å²) in [6.07, 6.45) is 18.1. The van der Waals surface area contributed by atoms with Crippen LogP contribution in [0.4, 0.5) is 0 Å². The lowest BCUT2D eigenvalue weighted by Crippen LogP contribution is -1.97. The van der Waals surface area contributed by atoms with Crippen molar-refractivity contribution in [1.29, 1.82) is 0 Å². The van der Waals surface area contributed by atoms with E-state index in [1.165, 1.54) is 88.4 Å². The lowest BCUT2D eigenvalue weighted by Gasteiger charge is -2.06. The van der Waals surface area contributed by atoms with E-state index in [4.69, 9.17) is 9.47 Å². The van der Waals surface area contributed by atoms with Crippen LogP contribution in [0.2, 0.25) is 0 Å². The van der Waals surface area contributed by atoms with Gasteiger partial charge in [0.15, 0.2) is 5.01 Å². The van der Waals surface area contributed by atoms with Crippen molar-refractivity contribution in [2.75, 3.05) is 13.2 Å². The number of nitrogens with zero attached hydrogens (tertiary/aromatic N) is 2. The molecule has 0 radical (unpaired) electrons. The molecule has 174 valence electrons. The fourth-order valence-corrected chi connectivity index (χ4v) is 4.27. The molecule has 0 saturated carbocycles. The molecule has 0 spiro atoms. The van der Waals surface area contributed by atoms with E-state index in [-0.39, 0.29) is 0 Å². The molecule has 5 heteroatoms. The van der Waals surface area contributed by atoms with Gasteiger partial charge in [0.1, 0.15) is 5.75 Å². The Morgan fingerprint density at radius 2 is 1.13 bits per heavy atom. The van der Waals surface area contributed by atoms with E-state index in [9.17, 15) is 0 Å². The first-order valence-corrected chi connectivity index (χ1v) is 13.3. The van der Waals surface area contributed by atoms with E-state index in [1.807, 2.05) is 12.1 Å². The van der Waals surface area contributed by atoms with Crippen LogP contribution in [0.3, 0.4) is 0 Å². The fraction of sp³-hybridized carbons (Fsp3) is 0.692. The molecule has 0 aliphatic carbocycles. The van der Waals surface area contributed by atoms with E-state index in [1.54, 1.807) is 0 Å². The molecule has 0 aliphatic heterocycles. The van der Waals surface area contributed by atoms with Crippen LogP contribution in [0.25, 0.3) is 10.6 Å². The first-order chi connectivity index (χ1) is 15.3. The fourth-order valence-electron chi connectivity index (χ4n) is 3.55. The largest absolute Gasteiger partial charge is 0.494 e. The molecule has 0 unspecified atom stereocenters. The van der Waals surface area contributed by atoms with Gasteiger partial charge in [-0.2, -0.15) is 0 Å². The van der Waals surface area contributed by atoms with Crippen molar-refractivity contribution in [2.45, 2.75) is 104 Å². The van der Waals surface area contributed by atoms with E-state index in [0.717, 1.165) is 42.4 Å². The lowest BCUT2D eigenvalue weighted by molar-refractivity contribution is 0.300. The molecule has 1 heterocycles. The molecule has 4 nitrogen and oxygen atoms in total. The Balaban J connectivity index is 1.59. The van der Waals surface area contributed by atoms with Gasteiger partial charge in [-0.25, -0.2) is 0 Å². The molecule has 2 aromatic rings. The Morgan fingerprint density at radius 1 is 0.613 bits per heavy atom. The summed E-state index contributed by atoms with van der Waals surface area (Å²) < 4.78 is 11.7. The number of aromatic nitrogens is 2. The smallest absolute Gasteiger partial charge is 0.294 e. The quantitative estimate of drug-likeness (QED) is 0.203. The molecule has 0 atom stereocenters. The molecule has 0 fully saturated rings. The summed E-state index contributed by atoms with van der Waals surface area (Å²) in [5.74, 6) is 0.926. The van der Waals surface area contributed by atoms with Gasteiger partial charge in [-0.3, -0.25) is 0 Å². The summed E-state index contributed by atoms with van der Waals surface area (Å²) in [4.78, 5) is 0. The van der Waals surface area contributed by atoms with Crippen LogP contribution in [-0.2, 0) is 0 Å². The summed E-state index contributed by atoms with van der Waals surface area (Å²) in [6.45, 7) is 6.04. The van der Waals surface area contributed by atoms with Gasteiger partial charge in [0.05, 0.1) is 13.2 Å². The number of benzene rings is 1. The summed E-state index contributed by atoms with van der Waals surface area (Å²) in [5, 5.41) is 10.0. The van der Waals surface area contributed by atoms with Crippen LogP contribution in [0.1, 0.15) is 104 Å². The Hall–Kier alpha value is -1.62. The maximum Gasteiger partial charge on any atom is 0.294 e. The summed E-state index contributed by atoms with van der Waals surface area (Å²) in [7, 11) is 0. The van der Waals surface area contributed by atoms with Crippen molar-refractivity contribution < 1.29 is 9.47 Å². The van der Waals surface area contributed by atoms with Gasteiger partial charge in [-0.15, -0.1) is 5.10 Å². The van der Waals surface area contributed by atoms with Crippen molar-refractivity contribution >= 4 is 11.3 Å². The van der Waals surface area contributed by atoms with Crippen LogP contribution in [0.15, 0.2) is 24.3 Å². The van der Waals surface area contributed by atoms with Gasteiger partial charge in [-0.05, 0) is 37.1 Å². The summed E-state index contributed by atoms with van der Waals surface area (Å²) in [6, 6.07) is 8.16. The number of hydrogen-bond donors (Lipinski definition) is 0. The second-order valence-corrected chi connectivity index (χ2v) is 9.28. The lowest BCUT2D eigenvalue weighted by atomic mass is 10.1. The molecular formula is C26H42N2O2S. The third-order valence-electron chi connectivity index (χ3n) is 5.50. The van der Waals surface area contributed by atoms with E-state index < -0.39 is 0 Å². The third-order valence-corrected chi connectivity index (χ3v) is 6.38. The van der Waals surface area contributed by atoms with Crippen LogP contribution < -0.4 is 9.47 Å². The van der Waals surface area contributed by atoms with Crippen LogP contribution in [-0.4, -0.2) is 23.4 Å². The van der Waals surface area contributed by atoms with Crippen LogP contribution in [0, 0.1) is 0 Å². The molecule has 31 heavy (non-hydrogen) atoms. The number of hydrogen-bond acceptors (Lipinski definition) is 5. The standard InChI is InChI=1S/C26H42N2O2S/c1-3-5-7-9-11-13-15-21-29-24-19-17-23(18-20-24)25-27-28-26(31-25)30-22-16-14-12-10-8-6-4-2/h17-20H,3-16,21-22H2,1-2H3. The Bertz CT molecular complexity index is 672. The van der Waals surface area contributed by atoms with E-state index >= 15 is 0 Å². The number of ether oxygens (including phenoxy) is 2. The zero-order valence-electron chi connectivity index (χ0n) is 19.7. The third kappa shape index (κ3) is 11.5. The first kappa shape index (κ1) is 25.6. The average molecular weight is 447 g/mol. The molecule has 0 bridgehead atoms.